The zero-order valence-corrected chi connectivity index (χ0v) is 15.0. The lowest BCUT2D eigenvalue weighted by molar-refractivity contribution is 0.0372. The van der Waals surface area contributed by atoms with Crippen LogP contribution >= 0.6 is 0 Å². The van der Waals surface area contributed by atoms with Crippen molar-refractivity contribution in [2.75, 3.05) is 26.2 Å². The second kappa shape index (κ2) is 7.24. The summed E-state index contributed by atoms with van der Waals surface area (Å²) in [6.45, 7) is 7.59. The van der Waals surface area contributed by atoms with Crippen LogP contribution in [0.5, 0.6) is 0 Å². The number of nitrogens with zero attached hydrogens (tertiary/aromatic N) is 2. The number of piperazine rings is 1. The molecule has 0 unspecified atom stereocenters. The van der Waals surface area contributed by atoms with E-state index in [1.54, 1.807) is 0 Å². The predicted octanol–water partition coefficient (Wildman–Crippen LogP) is 2.70. The zero-order valence-electron chi connectivity index (χ0n) is 15.0. The van der Waals surface area contributed by atoms with Gasteiger partial charge in [0.15, 0.2) is 0 Å². The van der Waals surface area contributed by atoms with Crippen LogP contribution in [0.2, 0.25) is 0 Å². The van der Waals surface area contributed by atoms with Crippen molar-refractivity contribution in [1.29, 1.82) is 0 Å². The lowest BCUT2D eigenvalue weighted by Gasteiger charge is -2.44. The van der Waals surface area contributed by atoms with Crippen LogP contribution in [-0.2, 0) is 6.42 Å². The summed E-state index contributed by atoms with van der Waals surface area (Å²) in [7, 11) is 0. The number of amides is 1. The van der Waals surface area contributed by atoms with Gasteiger partial charge in [0, 0.05) is 31.2 Å². The fraction of sp³-hybridized carbons (Fsp3) is 0.650. The van der Waals surface area contributed by atoms with Gasteiger partial charge in [-0.1, -0.05) is 18.6 Å². The van der Waals surface area contributed by atoms with Crippen molar-refractivity contribution in [1.82, 2.24) is 9.80 Å². The molecule has 2 saturated heterocycles. The van der Waals surface area contributed by atoms with E-state index in [1.807, 2.05) is 43.0 Å². The highest BCUT2D eigenvalue weighted by Gasteiger charge is 2.31. The minimum absolute atomic E-state index is 0.161. The summed E-state index contributed by atoms with van der Waals surface area (Å²) in [6.07, 6.45) is 5.37. The summed E-state index contributed by atoms with van der Waals surface area (Å²) in [5.41, 5.74) is 1.31. The minimum Gasteiger partial charge on any atom is -0.390 e. The third-order valence-electron chi connectivity index (χ3n) is 5.35. The lowest BCUT2D eigenvalue weighted by atomic mass is 9.97. The van der Waals surface area contributed by atoms with Gasteiger partial charge in [-0.05, 0) is 63.8 Å². The van der Waals surface area contributed by atoms with Gasteiger partial charge in [0.2, 0.25) is 0 Å². The van der Waals surface area contributed by atoms with E-state index in [2.05, 4.69) is 4.90 Å². The molecule has 0 aromatic heterocycles. The van der Waals surface area contributed by atoms with Gasteiger partial charge in [0.05, 0.1) is 5.60 Å². The van der Waals surface area contributed by atoms with E-state index in [0.29, 0.717) is 6.04 Å². The number of carbonyl (C=O) groups is 1. The normalized spacial score (nSPS) is 22.3. The molecule has 132 valence electrons. The number of aryl methyl sites for hydroxylation is 1. The molecule has 4 heteroatoms. The Morgan fingerprint density at radius 1 is 1.17 bits per heavy atom. The number of hydrogen-bond donors (Lipinski definition) is 1. The number of fused-ring (bicyclic) bond motifs is 1. The number of piperidine rings is 1. The van der Waals surface area contributed by atoms with E-state index in [1.165, 1.54) is 31.4 Å². The van der Waals surface area contributed by atoms with E-state index < -0.39 is 5.60 Å². The smallest absolute Gasteiger partial charge is 0.253 e. The summed E-state index contributed by atoms with van der Waals surface area (Å²) in [5, 5.41) is 9.82. The maximum Gasteiger partial charge on any atom is 0.253 e. The van der Waals surface area contributed by atoms with Gasteiger partial charge >= 0.3 is 0 Å². The van der Waals surface area contributed by atoms with Crippen LogP contribution < -0.4 is 0 Å². The largest absolute Gasteiger partial charge is 0.390 e. The molecule has 1 aromatic rings. The van der Waals surface area contributed by atoms with Crippen molar-refractivity contribution in [3.8, 4) is 0 Å². The Kier molecular flexibility index (Phi) is 5.26. The molecule has 2 aliphatic rings. The van der Waals surface area contributed by atoms with Crippen molar-refractivity contribution in [3.05, 3.63) is 35.4 Å². The number of rotatable bonds is 4. The average molecular weight is 330 g/mol. The maximum absolute atomic E-state index is 12.8. The molecule has 2 fully saturated rings. The maximum atomic E-state index is 12.8. The Morgan fingerprint density at radius 2 is 1.92 bits per heavy atom. The van der Waals surface area contributed by atoms with Gasteiger partial charge in [-0.25, -0.2) is 0 Å². The molecular weight excluding hydrogens is 300 g/mol. The first-order valence-electron chi connectivity index (χ1n) is 9.27. The third kappa shape index (κ3) is 4.37. The monoisotopic (exact) mass is 330 g/mol. The Bertz CT molecular complexity index is 562. The average Bonchev–Trinajstić information content (AvgIpc) is 2.59. The van der Waals surface area contributed by atoms with Gasteiger partial charge < -0.3 is 10.0 Å². The Labute approximate surface area is 145 Å². The standard InChI is InChI=1S/C20H30N2O2/c1-20(2,24)11-10-16-6-8-17(9-7-16)19(23)22-14-13-21-12-4-3-5-18(21)15-22/h6-9,18,24H,3-5,10-15H2,1-2H3/t18-/m1/s1. The molecule has 0 aliphatic carbocycles. The summed E-state index contributed by atoms with van der Waals surface area (Å²) in [6, 6.07) is 8.48. The van der Waals surface area contributed by atoms with Gasteiger partial charge in [-0.3, -0.25) is 9.69 Å². The summed E-state index contributed by atoms with van der Waals surface area (Å²) in [5.74, 6) is 0.161. The highest BCUT2D eigenvalue weighted by Crippen LogP contribution is 2.22. The fourth-order valence-electron chi connectivity index (χ4n) is 3.79. The second-order valence-corrected chi connectivity index (χ2v) is 7.95. The van der Waals surface area contributed by atoms with Crippen LogP contribution in [0.3, 0.4) is 0 Å². The summed E-state index contributed by atoms with van der Waals surface area (Å²) < 4.78 is 0. The van der Waals surface area contributed by atoms with Crippen LogP contribution in [0.4, 0.5) is 0 Å². The van der Waals surface area contributed by atoms with Crippen LogP contribution in [-0.4, -0.2) is 58.6 Å². The van der Waals surface area contributed by atoms with Gasteiger partial charge in [-0.15, -0.1) is 0 Å². The number of hydrogen-bond acceptors (Lipinski definition) is 3. The molecule has 24 heavy (non-hydrogen) atoms. The lowest BCUT2D eigenvalue weighted by Crippen LogP contribution is -2.56. The zero-order chi connectivity index (χ0) is 17.2. The first-order valence-corrected chi connectivity index (χ1v) is 9.27. The number of benzene rings is 1. The molecule has 1 amide bonds. The SMILES string of the molecule is CC(C)(O)CCc1ccc(C(=O)N2CCN3CCCC[C@@H]3C2)cc1. The van der Waals surface area contributed by atoms with Crippen molar-refractivity contribution < 1.29 is 9.90 Å². The van der Waals surface area contributed by atoms with Crippen molar-refractivity contribution in [2.24, 2.45) is 0 Å². The predicted molar refractivity (Wildman–Crippen MR) is 96.2 cm³/mol. The molecule has 0 saturated carbocycles. The molecule has 1 N–H and O–H groups in total. The Balaban J connectivity index is 1.58. The van der Waals surface area contributed by atoms with E-state index in [9.17, 15) is 9.90 Å². The first-order chi connectivity index (χ1) is 11.4. The molecular formula is C20H30N2O2. The second-order valence-electron chi connectivity index (χ2n) is 7.95. The summed E-state index contributed by atoms with van der Waals surface area (Å²) >= 11 is 0. The molecule has 0 spiro atoms. The van der Waals surface area contributed by atoms with Gasteiger partial charge in [0.25, 0.3) is 5.91 Å². The molecule has 3 rings (SSSR count). The molecule has 4 nitrogen and oxygen atoms in total. The molecule has 2 heterocycles. The summed E-state index contributed by atoms with van der Waals surface area (Å²) in [4.78, 5) is 17.3. The van der Waals surface area contributed by atoms with E-state index >= 15 is 0 Å². The fourth-order valence-corrected chi connectivity index (χ4v) is 3.79. The number of carbonyl (C=O) groups excluding carboxylic acids is 1. The molecule has 0 bridgehead atoms. The number of aliphatic hydroxyl groups is 1. The topological polar surface area (TPSA) is 43.8 Å². The quantitative estimate of drug-likeness (QED) is 0.923. The van der Waals surface area contributed by atoms with E-state index in [4.69, 9.17) is 0 Å². The van der Waals surface area contributed by atoms with Gasteiger partial charge in [0.1, 0.15) is 0 Å². The van der Waals surface area contributed by atoms with Crippen LogP contribution in [0.1, 0.15) is 55.5 Å². The molecule has 1 aromatic carbocycles. The van der Waals surface area contributed by atoms with E-state index in [0.717, 1.165) is 38.0 Å². The third-order valence-corrected chi connectivity index (χ3v) is 5.35. The Hall–Kier alpha value is -1.39. The van der Waals surface area contributed by atoms with Crippen molar-refractivity contribution in [2.45, 2.75) is 57.6 Å². The van der Waals surface area contributed by atoms with E-state index in [-0.39, 0.29) is 5.91 Å². The molecule has 0 radical (unpaired) electrons. The first kappa shape index (κ1) is 17.4. The molecule has 1 atom stereocenters. The van der Waals surface area contributed by atoms with Gasteiger partial charge in [-0.2, -0.15) is 0 Å². The highest BCUT2D eigenvalue weighted by atomic mass is 16.3. The Morgan fingerprint density at radius 3 is 2.62 bits per heavy atom. The minimum atomic E-state index is -0.645. The highest BCUT2D eigenvalue weighted by molar-refractivity contribution is 5.94. The van der Waals surface area contributed by atoms with Crippen LogP contribution in [0.15, 0.2) is 24.3 Å². The molecule has 2 aliphatic heterocycles. The van der Waals surface area contributed by atoms with Crippen molar-refractivity contribution >= 4 is 5.91 Å². The van der Waals surface area contributed by atoms with Crippen molar-refractivity contribution in [3.63, 3.8) is 0 Å². The van der Waals surface area contributed by atoms with Crippen LogP contribution in [0.25, 0.3) is 0 Å². The van der Waals surface area contributed by atoms with Crippen LogP contribution in [0, 0.1) is 0 Å².